The Bertz CT molecular complexity index is 932. The van der Waals surface area contributed by atoms with Gasteiger partial charge < -0.3 is 14.6 Å². The summed E-state index contributed by atoms with van der Waals surface area (Å²) in [4.78, 5) is 21.8. The van der Waals surface area contributed by atoms with Crippen molar-refractivity contribution >= 4 is 21.9 Å². The number of nitrogens with zero attached hydrogens (tertiary/aromatic N) is 2. The van der Waals surface area contributed by atoms with E-state index in [4.69, 9.17) is 9.47 Å². The molecule has 32 heavy (non-hydrogen) atoms. The van der Waals surface area contributed by atoms with Gasteiger partial charge in [0, 0.05) is 16.3 Å². The molecule has 1 aliphatic rings. The van der Waals surface area contributed by atoms with Crippen molar-refractivity contribution in [1.29, 1.82) is 0 Å². The fourth-order valence-electron chi connectivity index (χ4n) is 4.20. The minimum absolute atomic E-state index is 0.000522. The number of carbonyl (C=O) groups excluding carboxylic acids is 1. The second-order valence-electron chi connectivity index (χ2n) is 9.52. The molecular weight excluding hydrogens is 472 g/mol. The number of hydrogen-bond donors (Lipinski definition) is 1. The first-order valence-corrected chi connectivity index (χ1v) is 12.1. The van der Waals surface area contributed by atoms with Gasteiger partial charge in [0.2, 0.25) is 5.75 Å². The lowest BCUT2D eigenvalue weighted by atomic mass is 9.76. The molecule has 0 spiro atoms. The molecule has 1 aromatic carbocycles. The van der Waals surface area contributed by atoms with Crippen LogP contribution in [0.15, 0.2) is 28.7 Å². The summed E-state index contributed by atoms with van der Waals surface area (Å²) < 4.78 is 12.3. The highest BCUT2D eigenvalue weighted by Crippen LogP contribution is 2.44. The maximum Gasteiger partial charge on any atom is 0.361 e. The van der Waals surface area contributed by atoms with Crippen LogP contribution < -0.4 is 4.74 Å². The first-order chi connectivity index (χ1) is 15.1. The van der Waals surface area contributed by atoms with Gasteiger partial charge in [0.05, 0.1) is 6.61 Å². The van der Waals surface area contributed by atoms with Crippen LogP contribution in [0.5, 0.6) is 11.6 Å². The van der Waals surface area contributed by atoms with Crippen LogP contribution in [-0.4, -0.2) is 33.3 Å². The van der Waals surface area contributed by atoms with Gasteiger partial charge in [0.15, 0.2) is 5.69 Å². The van der Waals surface area contributed by atoms with E-state index in [0.29, 0.717) is 18.9 Å². The van der Waals surface area contributed by atoms with E-state index in [2.05, 4.69) is 38.0 Å². The van der Waals surface area contributed by atoms with Gasteiger partial charge in [0.25, 0.3) is 5.88 Å². The highest BCUT2D eigenvalue weighted by atomic mass is 79.9. The van der Waals surface area contributed by atoms with Crippen molar-refractivity contribution in [2.24, 2.45) is 0 Å². The summed E-state index contributed by atoms with van der Waals surface area (Å²) in [5, 5.41) is 10.7. The van der Waals surface area contributed by atoms with E-state index in [1.807, 2.05) is 19.1 Å². The Kier molecular flexibility index (Phi) is 7.80. The maximum atomic E-state index is 12.9. The summed E-state index contributed by atoms with van der Waals surface area (Å²) in [7, 11) is 0. The number of unbranched alkanes of at least 4 members (excludes halogenated alkanes) is 1. The van der Waals surface area contributed by atoms with Gasteiger partial charge in [-0.05, 0) is 57.7 Å². The molecule has 0 unspecified atom stereocenters. The summed E-state index contributed by atoms with van der Waals surface area (Å²) >= 11 is 3.51. The first-order valence-electron chi connectivity index (χ1n) is 11.4. The summed E-state index contributed by atoms with van der Waals surface area (Å²) in [6.07, 6.45) is 6.52. The highest BCUT2D eigenvalue weighted by molar-refractivity contribution is 9.10. The van der Waals surface area contributed by atoms with Crippen molar-refractivity contribution in [3.05, 3.63) is 45.8 Å². The Morgan fingerprint density at radius 3 is 2.41 bits per heavy atom. The molecule has 174 valence electrons. The minimum atomic E-state index is -0.692. The number of aromatic hydroxyl groups is 1. The van der Waals surface area contributed by atoms with Gasteiger partial charge in [-0.1, -0.05) is 54.2 Å². The molecule has 1 aromatic heterocycles. The lowest BCUT2D eigenvalue weighted by molar-refractivity contribution is 0.00568. The third-order valence-corrected chi connectivity index (χ3v) is 6.27. The van der Waals surface area contributed by atoms with Crippen LogP contribution in [0.3, 0.4) is 0 Å². The molecule has 2 aromatic rings. The zero-order valence-electron chi connectivity index (χ0n) is 19.4. The second kappa shape index (κ2) is 10.2. The van der Waals surface area contributed by atoms with E-state index in [-0.39, 0.29) is 22.7 Å². The third-order valence-electron chi connectivity index (χ3n) is 5.74. The predicted octanol–water partition coefficient (Wildman–Crippen LogP) is 6.13. The van der Waals surface area contributed by atoms with Crippen LogP contribution in [0.25, 0.3) is 0 Å². The molecule has 1 heterocycles. The van der Waals surface area contributed by atoms with Crippen LogP contribution in [0.2, 0.25) is 0 Å². The standard InChI is InChI=1S/C25H33BrN2O4/c1-5-6-15-31-21-20(23(30)32-24(2,3)4)27-19(28-22(21)29)16-25(13-7-8-14-25)17-9-11-18(26)12-10-17/h9-12H,5-8,13-16H2,1-4H3,(H,27,28,29). The lowest BCUT2D eigenvalue weighted by Gasteiger charge is -2.29. The number of hydrogen-bond acceptors (Lipinski definition) is 6. The van der Waals surface area contributed by atoms with Gasteiger partial charge >= 0.3 is 5.97 Å². The van der Waals surface area contributed by atoms with Crippen molar-refractivity contribution in [3.63, 3.8) is 0 Å². The van der Waals surface area contributed by atoms with Gasteiger partial charge in [-0.3, -0.25) is 0 Å². The molecule has 0 saturated heterocycles. The largest absolute Gasteiger partial charge is 0.491 e. The number of halogens is 1. The Morgan fingerprint density at radius 1 is 1.16 bits per heavy atom. The number of aromatic nitrogens is 2. The molecule has 0 atom stereocenters. The number of ether oxygens (including phenoxy) is 2. The van der Waals surface area contributed by atoms with Crippen LogP contribution >= 0.6 is 15.9 Å². The number of rotatable bonds is 8. The molecule has 3 rings (SSSR count). The average molecular weight is 505 g/mol. The van der Waals surface area contributed by atoms with Crippen LogP contribution in [-0.2, 0) is 16.6 Å². The van der Waals surface area contributed by atoms with E-state index in [1.54, 1.807) is 20.8 Å². The van der Waals surface area contributed by atoms with Crippen molar-refractivity contribution in [2.45, 2.75) is 83.7 Å². The lowest BCUT2D eigenvalue weighted by Crippen LogP contribution is -2.28. The summed E-state index contributed by atoms with van der Waals surface area (Å²) in [6.45, 7) is 7.80. The van der Waals surface area contributed by atoms with Gasteiger partial charge in [-0.2, -0.15) is 4.98 Å². The molecule has 0 radical (unpaired) electrons. The van der Waals surface area contributed by atoms with E-state index in [1.165, 1.54) is 5.56 Å². The quantitative estimate of drug-likeness (QED) is 0.343. The number of carbonyl (C=O) groups is 1. The van der Waals surface area contributed by atoms with Crippen LogP contribution in [0, 0.1) is 0 Å². The SMILES string of the molecule is CCCCOc1c(O)nc(CC2(c3ccc(Br)cc3)CCCC2)nc1C(=O)OC(C)(C)C. The predicted molar refractivity (Wildman–Crippen MR) is 127 cm³/mol. The van der Waals surface area contributed by atoms with E-state index < -0.39 is 11.6 Å². The fourth-order valence-corrected chi connectivity index (χ4v) is 4.47. The summed E-state index contributed by atoms with van der Waals surface area (Å²) in [5.74, 6) is -0.500. The highest BCUT2D eigenvalue weighted by Gasteiger charge is 2.37. The smallest absolute Gasteiger partial charge is 0.361 e. The molecule has 1 fully saturated rings. The van der Waals surface area contributed by atoms with Crippen molar-refractivity contribution in [3.8, 4) is 11.6 Å². The second-order valence-corrected chi connectivity index (χ2v) is 10.4. The van der Waals surface area contributed by atoms with E-state index >= 15 is 0 Å². The van der Waals surface area contributed by atoms with Gasteiger partial charge in [0.1, 0.15) is 11.4 Å². The molecule has 7 heteroatoms. The van der Waals surface area contributed by atoms with Gasteiger partial charge in [-0.25, -0.2) is 9.78 Å². The summed E-state index contributed by atoms with van der Waals surface area (Å²) in [5.41, 5.74) is 0.400. The normalized spacial score (nSPS) is 15.5. The van der Waals surface area contributed by atoms with Gasteiger partial charge in [-0.15, -0.1) is 0 Å². The monoisotopic (exact) mass is 504 g/mol. The molecule has 1 aliphatic carbocycles. The van der Waals surface area contributed by atoms with Crippen molar-refractivity contribution in [1.82, 2.24) is 9.97 Å². The van der Waals surface area contributed by atoms with Crippen molar-refractivity contribution < 1.29 is 19.4 Å². The molecule has 1 N–H and O–H groups in total. The molecule has 0 bridgehead atoms. The molecular formula is C25H33BrN2O4. The van der Waals surface area contributed by atoms with E-state index in [0.717, 1.165) is 43.0 Å². The Hall–Kier alpha value is -2.15. The zero-order valence-corrected chi connectivity index (χ0v) is 21.0. The van der Waals surface area contributed by atoms with Crippen LogP contribution in [0.1, 0.15) is 88.1 Å². The third kappa shape index (κ3) is 6.00. The minimum Gasteiger partial charge on any atom is -0.491 e. The topological polar surface area (TPSA) is 81.5 Å². The first kappa shape index (κ1) is 24.5. The Morgan fingerprint density at radius 2 is 1.81 bits per heavy atom. The molecule has 0 aliphatic heterocycles. The fraction of sp³-hybridized carbons (Fsp3) is 0.560. The molecule has 0 amide bonds. The molecule has 6 nitrogen and oxygen atoms in total. The summed E-state index contributed by atoms with van der Waals surface area (Å²) in [6, 6.07) is 8.35. The number of benzene rings is 1. The van der Waals surface area contributed by atoms with E-state index in [9.17, 15) is 9.90 Å². The maximum absolute atomic E-state index is 12.9. The Labute approximate surface area is 198 Å². The van der Waals surface area contributed by atoms with Crippen molar-refractivity contribution in [2.75, 3.05) is 6.61 Å². The molecule has 1 saturated carbocycles. The Balaban J connectivity index is 1.98. The zero-order chi connectivity index (χ0) is 23.4. The van der Waals surface area contributed by atoms with Crippen LogP contribution in [0.4, 0.5) is 0 Å². The number of esters is 1. The average Bonchev–Trinajstić information content (AvgIpc) is 3.18.